The van der Waals surface area contributed by atoms with Gasteiger partial charge in [0.2, 0.25) is 5.91 Å². The van der Waals surface area contributed by atoms with Gasteiger partial charge in [-0.15, -0.1) is 0 Å². The first-order valence-corrected chi connectivity index (χ1v) is 7.27. The van der Waals surface area contributed by atoms with Crippen molar-refractivity contribution in [2.24, 2.45) is 0 Å². The minimum absolute atomic E-state index is 0.0465. The zero-order valence-electron chi connectivity index (χ0n) is 12.3. The van der Waals surface area contributed by atoms with E-state index in [4.69, 9.17) is 0 Å². The lowest BCUT2D eigenvalue weighted by Gasteiger charge is -2.38. The molecule has 1 aliphatic carbocycles. The molecule has 1 unspecified atom stereocenters. The van der Waals surface area contributed by atoms with Gasteiger partial charge >= 0.3 is 0 Å². The summed E-state index contributed by atoms with van der Waals surface area (Å²) in [4.78, 5) is 11.8. The SMILES string of the molecule is CC(C)NC(=O)C(C)NC1CC(c2ccc(F)cc2)C1. The van der Waals surface area contributed by atoms with Crippen LogP contribution in [0.15, 0.2) is 24.3 Å². The molecule has 0 heterocycles. The van der Waals surface area contributed by atoms with E-state index in [1.165, 1.54) is 17.7 Å². The molecule has 2 rings (SSSR count). The van der Waals surface area contributed by atoms with Crippen LogP contribution in [-0.4, -0.2) is 24.0 Å². The minimum atomic E-state index is -0.193. The highest BCUT2D eigenvalue weighted by atomic mass is 19.1. The normalized spacial score (nSPS) is 23.2. The molecular formula is C16H23FN2O. The molecule has 0 bridgehead atoms. The van der Waals surface area contributed by atoms with Crippen molar-refractivity contribution < 1.29 is 9.18 Å². The molecule has 0 radical (unpaired) electrons. The van der Waals surface area contributed by atoms with E-state index in [9.17, 15) is 9.18 Å². The maximum absolute atomic E-state index is 12.9. The number of benzene rings is 1. The van der Waals surface area contributed by atoms with Gasteiger partial charge in [0.05, 0.1) is 6.04 Å². The van der Waals surface area contributed by atoms with Crippen LogP contribution < -0.4 is 10.6 Å². The molecular weight excluding hydrogens is 255 g/mol. The molecule has 1 aliphatic rings. The first kappa shape index (κ1) is 15.0. The molecule has 1 aromatic carbocycles. The smallest absolute Gasteiger partial charge is 0.237 e. The molecule has 4 heteroatoms. The lowest BCUT2D eigenvalue weighted by Crippen LogP contribution is -2.51. The van der Waals surface area contributed by atoms with E-state index < -0.39 is 0 Å². The van der Waals surface area contributed by atoms with Crippen LogP contribution in [0, 0.1) is 5.82 Å². The third kappa shape index (κ3) is 3.79. The first-order valence-electron chi connectivity index (χ1n) is 7.27. The van der Waals surface area contributed by atoms with Gasteiger partial charge in [-0.05, 0) is 57.2 Å². The second kappa shape index (κ2) is 6.35. The van der Waals surface area contributed by atoms with Crippen LogP contribution in [0.4, 0.5) is 4.39 Å². The topological polar surface area (TPSA) is 41.1 Å². The van der Waals surface area contributed by atoms with Crippen molar-refractivity contribution in [1.29, 1.82) is 0 Å². The molecule has 0 aromatic heterocycles. The van der Waals surface area contributed by atoms with Crippen molar-refractivity contribution in [2.45, 2.75) is 57.7 Å². The van der Waals surface area contributed by atoms with E-state index in [1.807, 2.05) is 32.9 Å². The van der Waals surface area contributed by atoms with Gasteiger partial charge in [-0.2, -0.15) is 0 Å². The number of hydrogen-bond acceptors (Lipinski definition) is 2. The van der Waals surface area contributed by atoms with Crippen molar-refractivity contribution in [2.75, 3.05) is 0 Å². The van der Waals surface area contributed by atoms with Gasteiger partial charge in [-0.3, -0.25) is 4.79 Å². The maximum atomic E-state index is 12.9. The van der Waals surface area contributed by atoms with E-state index in [1.54, 1.807) is 0 Å². The van der Waals surface area contributed by atoms with Gasteiger partial charge in [0, 0.05) is 12.1 Å². The summed E-state index contributed by atoms with van der Waals surface area (Å²) in [5.41, 5.74) is 1.18. The summed E-state index contributed by atoms with van der Waals surface area (Å²) >= 11 is 0. The third-order valence-corrected chi connectivity index (χ3v) is 3.79. The van der Waals surface area contributed by atoms with Crippen LogP contribution in [0.1, 0.15) is 45.1 Å². The Bertz CT molecular complexity index is 452. The molecule has 1 saturated carbocycles. The quantitative estimate of drug-likeness (QED) is 0.869. The highest BCUT2D eigenvalue weighted by molar-refractivity contribution is 5.81. The Kier molecular flexibility index (Phi) is 4.76. The summed E-state index contributed by atoms with van der Waals surface area (Å²) in [7, 11) is 0. The molecule has 2 N–H and O–H groups in total. The summed E-state index contributed by atoms with van der Waals surface area (Å²) in [6.07, 6.45) is 2.01. The van der Waals surface area contributed by atoms with Crippen LogP contribution >= 0.6 is 0 Å². The summed E-state index contributed by atoms with van der Waals surface area (Å²) in [5.74, 6) is 0.334. The first-order chi connectivity index (χ1) is 9.45. The highest BCUT2D eigenvalue weighted by Gasteiger charge is 2.32. The zero-order chi connectivity index (χ0) is 14.7. The summed E-state index contributed by atoms with van der Waals surface area (Å²) < 4.78 is 12.9. The third-order valence-electron chi connectivity index (χ3n) is 3.79. The predicted molar refractivity (Wildman–Crippen MR) is 78.0 cm³/mol. The number of halogens is 1. The average Bonchev–Trinajstić information content (AvgIpc) is 2.33. The molecule has 1 aromatic rings. The molecule has 0 spiro atoms. The fourth-order valence-corrected chi connectivity index (χ4v) is 2.60. The largest absolute Gasteiger partial charge is 0.353 e. The van der Waals surface area contributed by atoms with Gasteiger partial charge in [0.1, 0.15) is 5.82 Å². The van der Waals surface area contributed by atoms with Crippen LogP contribution in [0.3, 0.4) is 0 Å². The molecule has 0 saturated heterocycles. The van der Waals surface area contributed by atoms with Crippen LogP contribution in [0.25, 0.3) is 0 Å². The Morgan fingerprint density at radius 3 is 2.35 bits per heavy atom. The van der Waals surface area contributed by atoms with E-state index in [0.29, 0.717) is 12.0 Å². The fourth-order valence-electron chi connectivity index (χ4n) is 2.60. The van der Waals surface area contributed by atoms with Crippen LogP contribution in [-0.2, 0) is 4.79 Å². The van der Waals surface area contributed by atoms with Crippen molar-refractivity contribution in [3.05, 3.63) is 35.6 Å². The Hall–Kier alpha value is -1.42. The zero-order valence-corrected chi connectivity index (χ0v) is 12.3. The van der Waals surface area contributed by atoms with Crippen LogP contribution in [0.2, 0.25) is 0 Å². The number of carbonyl (C=O) groups is 1. The Morgan fingerprint density at radius 2 is 1.80 bits per heavy atom. The minimum Gasteiger partial charge on any atom is -0.353 e. The molecule has 1 fully saturated rings. The summed E-state index contributed by atoms with van der Waals surface area (Å²) in [5, 5.41) is 6.25. The second-order valence-electron chi connectivity index (χ2n) is 5.97. The lowest BCUT2D eigenvalue weighted by molar-refractivity contribution is -0.123. The van der Waals surface area contributed by atoms with Gasteiger partial charge in [-0.25, -0.2) is 4.39 Å². The lowest BCUT2D eigenvalue weighted by atomic mass is 9.75. The number of carbonyl (C=O) groups excluding carboxylic acids is 1. The standard InChI is InChI=1S/C16H23FN2O/c1-10(2)18-16(20)11(3)19-15-8-13(9-15)12-4-6-14(17)7-5-12/h4-7,10-11,13,15,19H,8-9H2,1-3H3,(H,18,20). The van der Waals surface area contributed by atoms with E-state index >= 15 is 0 Å². The van der Waals surface area contributed by atoms with Crippen molar-refractivity contribution in [3.8, 4) is 0 Å². The van der Waals surface area contributed by atoms with E-state index in [2.05, 4.69) is 10.6 Å². The van der Waals surface area contributed by atoms with Crippen molar-refractivity contribution in [1.82, 2.24) is 10.6 Å². The van der Waals surface area contributed by atoms with Gasteiger partial charge < -0.3 is 10.6 Å². The predicted octanol–water partition coefficient (Wildman–Crippen LogP) is 2.57. The van der Waals surface area contributed by atoms with Gasteiger partial charge in [-0.1, -0.05) is 12.1 Å². The molecule has 3 nitrogen and oxygen atoms in total. The Morgan fingerprint density at radius 1 is 1.20 bits per heavy atom. The van der Waals surface area contributed by atoms with Gasteiger partial charge in [0.25, 0.3) is 0 Å². The number of amides is 1. The fraction of sp³-hybridized carbons (Fsp3) is 0.562. The summed E-state index contributed by atoms with van der Waals surface area (Å²) in [6.45, 7) is 5.81. The van der Waals surface area contributed by atoms with E-state index in [-0.39, 0.29) is 23.8 Å². The Labute approximate surface area is 120 Å². The van der Waals surface area contributed by atoms with E-state index in [0.717, 1.165) is 12.8 Å². The Balaban J connectivity index is 1.76. The monoisotopic (exact) mass is 278 g/mol. The molecule has 20 heavy (non-hydrogen) atoms. The van der Waals surface area contributed by atoms with Gasteiger partial charge in [0.15, 0.2) is 0 Å². The second-order valence-corrected chi connectivity index (χ2v) is 5.97. The molecule has 0 aliphatic heterocycles. The maximum Gasteiger partial charge on any atom is 0.237 e. The number of nitrogens with one attached hydrogen (secondary N) is 2. The number of hydrogen-bond donors (Lipinski definition) is 2. The highest BCUT2D eigenvalue weighted by Crippen LogP contribution is 2.37. The average molecular weight is 278 g/mol. The van der Waals surface area contributed by atoms with Crippen molar-refractivity contribution >= 4 is 5.91 Å². The summed E-state index contributed by atoms with van der Waals surface area (Å²) in [6, 6.07) is 7.09. The molecule has 110 valence electrons. The molecule has 1 amide bonds. The number of rotatable bonds is 5. The molecule has 1 atom stereocenters. The van der Waals surface area contributed by atoms with Crippen LogP contribution in [0.5, 0.6) is 0 Å². The van der Waals surface area contributed by atoms with Crippen molar-refractivity contribution in [3.63, 3.8) is 0 Å².